The number of benzene rings is 1. The Morgan fingerprint density at radius 1 is 1.37 bits per heavy atom. The Kier molecular flexibility index (Phi) is 3.04. The molecule has 1 amide bonds. The maximum atomic E-state index is 12.0. The fourth-order valence-electron chi connectivity index (χ4n) is 1.80. The summed E-state index contributed by atoms with van der Waals surface area (Å²) in [5.41, 5.74) is 1.87. The third-order valence-electron chi connectivity index (χ3n) is 2.65. The van der Waals surface area contributed by atoms with E-state index in [0.717, 1.165) is 15.4 Å². The highest BCUT2D eigenvalue weighted by Gasteiger charge is 2.12. The summed E-state index contributed by atoms with van der Waals surface area (Å²) in [6.45, 7) is 0. The summed E-state index contributed by atoms with van der Waals surface area (Å²) in [5, 5.41) is 10.6. The van der Waals surface area contributed by atoms with Crippen LogP contribution in [0.3, 0.4) is 0 Å². The monoisotopic (exact) mass is 338 g/mol. The Balaban J connectivity index is 1.97. The second-order valence-electron chi connectivity index (χ2n) is 3.97. The van der Waals surface area contributed by atoms with E-state index in [1.807, 2.05) is 0 Å². The standard InChI is InChI=1S/C12H8BrClN4O/c13-9-1-6(14)2-10-8(9)3-11(18-10)12(19)17-7-4-15-16-5-7/h1-5,18H,(H,15,16)(H,17,19). The molecule has 0 atom stereocenters. The van der Waals surface area contributed by atoms with Gasteiger partial charge in [0.25, 0.3) is 5.91 Å². The van der Waals surface area contributed by atoms with Crippen LogP contribution in [0.5, 0.6) is 0 Å². The molecule has 3 N–H and O–H groups in total. The molecule has 0 aliphatic rings. The number of hydrogen-bond acceptors (Lipinski definition) is 2. The molecule has 96 valence electrons. The van der Waals surface area contributed by atoms with Gasteiger partial charge in [0.15, 0.2) is 0 Å². The van der Waals surface area contributed by atoms with Gasteiger partial charge in [-0.15, -0.1) is 0 Å². The van der Waals surface area contributed by atoms with E-state index in [9.17, 15) is 4.79 Å². The molecule has 3 aromatic rings. The molecule has 7 heteroatoms. The molecule has 3 rings (SSSR count). The number of H-pyrrole nitrogens is 2. The number of carbonyl (C=O) groups excluding carboxylic acids is 1. The van der Waals surface area contributed by atoms with Gasteiger partial charge in [0, 0.05) is 26.6 Å². The molecule has 5 nitrogen and oxygen atoms in total. The van der Waals surface area contributed by atoms with Crippen LogP contribution in [-0.2, 0) is 0 Å². The molecular formula is C12H8BrClN4O. The maximum absolute atomic E-state index is 12.0. The fourth-order valence-corrected chi connectivity index (χ4v) is 2.73. The predicted molar refractivity (Wildman–Crippen MR) is 77.5 cm³/mol. The average molecular weight is 340 g/mol. The fraction of sp³-hybridized carbons (Fsp3) is 0. The zero-order valence-electron chi connectivity index (χ0n) is 9.50. The number of fused-ring (bicyclic) bond motifs is 1. The van der Waals surface area contributed by atoms with Gasteiger partial charge in [-0.2, -0.15) is 5.10 Å². The van der Waals surface area contributed by atoms with E-state index in [1.165, 1.54) is 6.20 Å². The Labute approximate surface area is 121 Å². The summed E-state index contributed by atoms with van der Waals surface area (Å²) in [6, 6.07) is 5.33. The van der Waals surface area contributed by atoms with E-state index in [-0.39, 0.29) is 5.91 Å². The highest BCUT2D eigenvalue weighted by atomic mass is 79.9. The van der Waals surface area contributed by atoms with Crippen molar-refractivity contribution < 1.29 is 4.79 Å². The van der Waals surface area contributed by atoms with E-state index in [2.05, 4.69) is 36.4 Å². The number of carbonyl (C=O) groups is 1. The van der Waals surface area contributed by atoms with Crippen LogP contribution < -0.4 is 5.32 Å². The van der Waals surface area contributed by atoms with Crippen molar-refractivity contribution in [3.63, 3.8) is 0 Å². The predicted octanol–water partition coefficient (Wildman–Crippen LogP) is 3.56. The molecule has 19 heavy (non-hydrogen) atoms. The summed E-state index contributed by atoms with van der Waals surface area (Å²) >= 11 is 9.38. The van der Waals surface area contributed by atoms with Gasteiger partial charge >= 0.3 is 0 Å². The lowest BCUT2D eigenvalue weighted by atomic mass is 10.2. The second-order valence-corrected chi connectivity index (χ2v) is 5.26. The van der Waals surface area contributed by atoms with Crippen molar-refractivity contribution in [2.24, 2.45) is 0 Å². The van der Waals surface area contributed by atoms with Gasteiger partial charge < -0.3 is 10.3 Å². The van der Waals surface area contributed by atoms with Crippen LogP contribution in [0.1, 0.15) is 10.5 Å². The summed E-state index contributed by atoms with van der Waals surface area (Å²) in [7, 11) is 0. The van der Waals surface area contributed by atoms with Gasteiger partial charge in [-0.1, -0.05) is 27.5 Å². The van der Waals surface area contributed by atoms with Crippen LogP contribution in [0.15, 0.2) is 35.1 Å². The SMILES string of the molecule is O=C(Nc1cn[nH]c1)c1cc2c(Br)cc(Cl)cc2[nH]1. The molecule has 0 aliphatic carbocycles. The first-order valence-corrected chi connectivity index (χ1v) is 6.58. The Morgan fingerprint density at radius 3 is 2.95 bits per heavy atom. The Morgan fingerprint density at radius 2 is 2.21 bits per heavy atom. The van der Waals surface area contributed by atoms with Crippen LogP contribution in [0.2, 0.25) is 5.02 Å². The van der Waals surface area contributed by atoms with E-state index in [0.29, 0.717) is 16.4 Å². The average Bonchev–Trinajstić information content (AvgIpc) is 2.97. The minimum absolute atomic E-state index is 0.236. The number of aromatic amines is 2. The largest absolute Gasteiger partial charge is 0.350 e. The molecule has 0 radical (unpaired) electrons. The van der Waals surface area contributed by atoms with Crippen molar-refractivity contribution in [3.8, 4) is 0 Å². The molecular weight excluding hydrogens is 332 g/mol. The first-order chi connectivity index (χ1) is 9.13. The number of rotatable bonds is 2. The van der Waals surface area contributed by atoms with Gasteiger partial charge in [-0.25, -0.2) is 0 Å². The highest BCUT2D eigenvalue weighted by molar-refractivity contribution is 9.10. The van der Waals surface area contributed by atoms with Crippen molar-refractivity contribution in [3.05, 3.63) is 45.8 Å². The summed E-state index contributed by atoms with van der Waals surface area (Å²) < 4.78 is 0.841. The second kappa shape index (κ2) is 4.71. The number of nitrogens with zero attached hydrogens (tertiary/aromatic N) is 1. The first kappa shape index (κ1) is 12.3. The molecule has 0 unspecified atom stereocenters. The lowest BCUT2D eigenvalue weighted by molar-refractivity contribution is 0.102. The van der Waals surface area contributed by atoms with Gasteiger partial charge in [-0.05, 0) is 18.2 Å². The van der Waals surface area contributed by atoms with Gasteiger partial charge in [0.1, 0.15) is 5.69 Å². The van der Waals surface area contributed by atoms with E-state index in [4.69, 9.17) is 11.6 Å². The molecule has 1 aromatic carbocycles. The molecule has 0 aliphatic heterocycles. The normalized spacial score (nSPS) is 10.8. The Hall–Kier alpha value is -1.79. The smallest absolute Gasteiger partial charge is 0.272 e. The van der Waals surface area contributed by atoms with E-state index in [1.54, 1.807) is 24.4 Å². The first-order valence-electron chi connectivity index (χ1n) is 5.41. The lowest BCUT2D eigenvalue weighted by Gasteiger charge is -1.98. The summed E-state index contributed by atoms with van der Waals surface area (Å²) in [4.78, 5) is 15.1. The maximum Gasteiger partial charge on any atom is 0.272 e. The molecule has 0 saturated heterocycles. The molecule has 0 spiro atoms. The zero-order valence-corrected chi connectivity index (χ0v) is 11.8. The van der Waals surface area contributed by atoms with Crippen LogP contribution >= 0.6 is 27.5 Å². The third kappa shape index (κ3) is 2.36. The topological polar surface area (TPSA) is 73.6 Å². The number of anilines is 1. The van der Waals surface area contributed by atoms with Gasteiger partial charge in [0.2, 0.25) is 0 Å². The number of halogens is 2. The quantitative estimate of drug-likeness (QED) is 0.668. The van der Waals surface area contributed by atoms with Crippen molar-refractivity contribution >= 4 is 50.0 Å². The molecule has 0 saturated carbocycles. The van der Waals surface area contributed by atoms with Crippen molar-refractivity contribution in [1.82, 2.24) is 15.2 Å². The van der Waals surface area contributed by atoms with Gasteiger partial charge in [-0.3, -0.25) is 9.89 Å². The Bertz CT molecular complexity index is 751. The summed E-state index contributed by atoms with van der Waals surface area (Å²) in [6.07, 6.45) is 3.14. The van der Waals surface area contributed by atoms with Crippen LogP contribution in [0, 0.1) is 0 Å². The van der Waals surface area contributed by atoms with Crippen LogP contribution in [0.25, 0.3) is 10.9 Å². The molecule has 0 bridgehead atoms. The third-order valence-corrected chi connectivity index (χ3v) is 3.53. The molecule has 0 fully saturated rings. The van der Waals surface area contributed by atoms with Crippen LogP contribution in [-0.4, -0.2) is 21.1 Å². The van der Waals surface area contributed by atoms with Crippen LogP contribution in [0.4, 0.5) is 5.69 Å². The minimum atomic E-state index is -0.236. The highest BCUT2D eigenvalue weighted by Crippen LogP contribution is 2.28. The number of amides is 1. The number of hydrogen-bond donors (Lipinski definition) is 3. The summed E-state index contributed by atoms with van der Waals surface area (Å²) in [5.74, 6) is -0.236. The van der Waals surface area contributed by atoms with Gasteiger partial charge in [0.05, 0.1) is 11.9 Å². The minimum Gasteiger partial charge on any atom is -0.350 e. The number of nitrogens with one attached hydrogen (secondary N) is 3. The number of aromatic nitrogens is 3. The van der Waals surface area contributed by atoms with Crippen molar-refractivity contribution in [1.29, 1.82) is 0 Å². The molecule has 2 heterocycles. The van der Waals surface area contributed by atoms with Crippen molar-refractivity contribution in [2.75, 3.05) is 5.32 Å². The van der Waals surface area contributed by atoms with E-state index >= 15 is 0 Å². The lowest BCUT2D eigenvalue weighted by Crippen LogP contribution is -2.11. The van der Waals surface area contributed by atoms with E-state index < -0.39 is 0 Å². The van der Waals surface area contributed by atoms with Crippen molar-refractivity contribution in [2.45, 2.75) is 0 Å². The zero-order chi connectivity index (χ0) is 13.4. The molecule has 2 aromatic heterocycles.